The Morgan fingerprint density at radius 2 is 1.86 bits per heavy atom. The maximum Gasteiger partial charge on any atom is 0.322 e. The van der Waals surface area contributed by atoms with Crippen LogP contribution in [0.4, 0.5) is 16.2 Å². The summed E-state index contributed by atoms with van der Waals surface area (Å²) in [5.74, 6) is 0. The molecule has 0 aliphatic rings. The van der Waals surface area contributed by atoms with Crippen LogP contribution < -0.4 is 5.32 Å². The van der Waals surface area contributed by atoms with Crippen molar-refractivity contribution in [2.24, 2.45) is 0 Å². The predicted octanol–water partition coefficient (Wildman–Crippen LogP) is 3.82. The first-order chi connectivity index (χ1) is 10.5. The lowest BCUT2D eigenvalue weighted by atomic mass is 10.1. The highest BCUT2D eigenvalue weighted by Crippen LogP contribution is 2.23. The van der Waals surface area contributed by atoms with E-state index in [-0.39, 0.29) is 17.8 Å². The zero-order chi connectivity index (χ0) is 16.1. The number of rotatable bonds is 4. The normalized spacial score (nSPS) is 11.5. The number of hydrogen-bond donors (Lipinski definition) is 1. The van der Waals surface area contributed by atoms with E-state index in [0.29, 0.717) is 11.3 Å². The molecule has 0 spiro atoms. The average molecular weight is 299 g/mol. The van der Waals surface area contributed by atoms with E-state index in [1.807, 2.05) is 25.1 Å². The molecule has 0 radical (unpaired) electrons. The summed E-state index contributed by atoms with van der Waals surface area (Å²) in [5, 5.41) is 13.6. The summed E-state index contributed by atoms with van der Waals surface area (Å²) in [6.07, 6.45) is 0. The molecule has 114 valence electrons. The smallest absolute Gasteiger partial charge is 0.321 e. The lowest BCUT2D eigenvalue weighted by Gasteiger charge is -2.25. The summed E-state index contributed by atoms with van der Waals surface area (Å²) in [7, 11) is 1.65. The Morgan fingerprint density at radius 1 is 1.18 bits per heavy atom. The molecule has 0 aromatic heterocycles. The molecule has 0 heterocycles. The van der Waals surface area contributed by atoms with Crippen molar-refractivity contribution in [3.8, 4) is 0 Å². The highest BCUT2D eigenvalue weighted by molar-refractivity contribution is 5.89. The topological polar surface area (TPSA) is 75.5 Å². The maximum atomic E-state index is 12.2. The third-order valence-electron chi connectivity index (χ3n) is 3.49. The monoisotopic (exact) mass is 299 g/mol. The van der Waals surface area contributed by atoms with Gasteiger partial charge in [-0.25, -0.2) is 4.79 Å². The molecular formula is C16H17N3O3. The quantitative estimate of drug-likeness (QED) is 0.688. The molecule has 1 atom stereocenters. The molecule has 22 heavy (non-hydrogen) atoms. The van der Waals surface area contributed by atoms with E-state index in [4.69, 9.17) is 0 Å². The van der Waals surface area contributed by atoms with Gasteiger partial charge in [0, 0.05) is 24.9 Å². The molecule has 1 N–H and O–H groups in total. The molecule has 2 rings (SSSR count). The fourth-order valence-corrected chi connectivity index (χ4v) is 2.03. The van der Waals surface area contributed by atoms with Gasteiger partial charge in [-0.05, 0) is 24.6 Å². The van der Waals surface area contributed by atoms with Crippen LogP contribution in [0.1, 0.15) is 18.5 Å². The fraction of sp³-hybridized carbons (Fsp3) is 0.188. The van der Waals surface area contributed by atoms with Crippen molar-refractivity contribution in [2.75, 3.05) is 12.4 Å². The van der Waals surface area contributed by atoms with Crippen LogP contribution in [0.5, 0.6) is 0 Å². The van der Waals surface area contributed by atoms with Gasteiger partial charge in [-0.2, -0.15) is 0 Å². The van der Waals surface area contributed by atoms with Gasteiger partial charge in [0.05, 0.1) is 11.0 Å². The molecular weight excluding hydrogens is 282 g/mol. The van der Waals surface area contributed by atoms with Gasteiger partial charge in [-0.3, -0.25) is 10.1 Å². The van der Waals surface area contributed by atoms with Crippen LogP contribution in [0.3, 0.4) is 0 Å². The molecule has 0 aliphatic heterocycles. The Kier molecular flexibility index (Phi) is 4.73. The highest BCUT2D eigenvalue weighted by atomic mass is 16.6. The molecule has 2 aromatic rings. The highest BCUT2D eigenvalue weighted by Gasteiger charge is 2.19. The van der Waals surface area contributed by atoms with E-state index in [1.54, 1.807) is 31.3 Å². The molecule has 0 saturated carbocycles. The summed E-state index contributed by atoms with van der Waals surface area (Å²) in [4.78, 5) is 24.1. The third-order valence-corrected chi connectivity index (χ3v) is 3.49. The van der Waals surface area contributed by atoms with Crippen LogP contribution in [-0.4, -0.2) is 22.9 Å². The Hall–Kier alpha value is -2.89. The summed E-state index contributed by atoms with van der Waals surface area (Å²) >= 11 is 0. The number of carbonyl (C=O) groups excluding carboxylic acids is 1. The van der Waals surface area contributed by atoms with Crippen molar-refractivity contribution >= 4 is 17.4 Å². The second kappa shape index (κ2) is 6.71. The van der Waals surface area contributed by atoms with Gasteiger partial charge in [0.2, 0.25) is 0 Å². The SMILES string of the molecule is C[C@@H](c1cccc([N+](=O)[O-])c1)N(C)C(=O)Nc1ccccc1. The van der Waals surface area contributed by atoms with Gasteiger partial charge in [0.1, 0.15) is 0 Å². The Balaban J connectivity index is 2.11. The van der Waals surface area contributed by atoms with Gasteiger partial charge in [-0.1, -0.05) is 30.3 Å². The molecule has 0 aliphatic carbocycles. The zero-order valence-corrected chi connectivity index (χ0v) is 12.4. The summed E-state index contributed by atoms with van der Waals surface area (Å²) in [6, 6.07) is 14.9. The molecule has 2 aromatic carbocycles. The van der Waals surface area contributed by atoms with Crippen LogP contribution in [0, 0.1) is 10.1 Å². The van der Waals surface area contributed by atoms with Crippen LogP contribution in [-0.2, 0) is 0 Å². The Morgan fingerprint density at radius 3 is 2.50 bits per heavy atom. The number of para-hydroxylation sites is 1. The zero-order valence-electron chi connectivity index (χ0n) is 12.4. The van der Waals surface area contributed by atoms with Crippen LogP contribution in [0.15, 0.2) is 54.6 Å². The van der Waals surface area contributed by atoms with Crippen molar-refractivity contribution in [1.29, 1.82) is 0 Å². The number of non-ortho nitro benzene ring substituents is 1. The number of nitrogens with one attached hydrogen (secondary N) is 1. The van der Waals surface area contributed by atoms with Crippen molar-refractivity contribution in [2.45, 2.75) is 13.0 Å². The fourth-order valence-electron chi connectivity index (χ4n) is 2.03. The summed E-state index contributed by atoms with van der Waals surface area (Å²) in [5.41, 5.74) is 1.42. The van der Waals surface area contributed by atoms with Gasteiger partial charge in [0.15, 0.2) is 0 Å². The number of carbonyl (C=O) groups is 1. The van der Waals surface area contributed by atoms with Crippen molar-refractivity contribution in [3.63, 3.8) is 0 Å². The Bertz CT molecular complexity index is 673. The molecule has 2 amide bonds. The van der Waals surface area contributed by atoms with E-state index in [1.165, 1.54) is 17.0 Å². The maximum absolute atomic E-state index is 12.2. The number of anilines is 1. The molecule has 0 bridgehead atoms. The van der Waals surface area contributed by atoms with Crippen molar-refractivity contribution in [1.82, 2.24) is 4.90 Å². The minimum atomic E-state index is -0.444. The van der Waals surface area contributed by atoms with E-state index in [0.717, 1.165) is 0 Å². The molecule has 6 nitrogen and oxygen atoms in total. The van der Waals surface area contributed by atoms with E-state index in [2.05, 4.69) is 5.32 Å². The molecule has 6 heteroatoms. The van der Waals surface area contributed by atoms with Gasteiger partial charge in [0.25, 0.3) is 5.69 Å². The molecule has 0 unspecified atom stereocenters. The first-order valence-electron chi connectivity index (χ1n) is 6.82. The predicted molar refractivity (Wildman–Crippen MR) is 84.7 cm³/mol. The second-order valence-corrected chi connectivity index (χ2v) is 4.94. The largest absolute Gasteiger partial charge is 0.322 e. The number of amides is 2. The number of urea groups is 1. The summed E-state index contributed by atoms with van der Waals surface area (Å²) < 4.78 is 0. The number of nitro groups is 1. The van der Waals surface area contributed by atoms with Crippen LogP contribution >= 0.6 is 0 Å². The first kappa shape index (κ1) is 15.5. The van der Waals surface area contributed by atoms with Crippen LogP contribution in [0.25, 0.3) is 0 Å². The van der Waals surface area contributed by atoms with Gasteiger partial charge in [-0.15, -0.1) is 0 Å². The standard InChI is InChI=1S/C16H17N3O3/c1-12(13-7-6-10-15(11-13)19(21)22)18(2)16(20)17-14-8-4-3-5-9-14/h3-12H,1-2H3,(H,17,20)/t12-/m0/s1. The lowest BCUT2D eigenvalue weighted by molar-refractivity contribution is -0.384. The van der Waals surface area contributed by atoms with Crippen molar-refractivity contribution < 1.29 is 9.72 Å². The Labute approximate surface area is 128 Å². The first-order valence-corrected chi connectivity index (χ1v) is 6.82. The third kappa shape index (κ3) is 3.60. The minimum absolute atomic E-state index is 0.0150. The van der Waals surface area contributed by atoms with Gasteiger partial charge >= 0.3 is 6.03 Å². The van der Waals surface area contributed by atoms with E-state index >= 15 is 0 Å². The minimum Gasteiger partial charge on any atom is -0.321 e. The number of benzene rings is 2. The number of nitro benzene ring substituents is 1. The second-order valence-electron chi connectivity index (χ2n) is 4.94. The van der Waals surface area contributed by atoms with Crippen LogP contribution in [0.2, 0.25) is 0 Å². The van der Waals surface area contributed by atoms with E-state index in [9.17, 15) is 14.9 Å². The number of nitrogens with zero attached hydrogens (tertiary/aromatic N) is 2. The lowest BCUT2D eigenvalue weighted by Crippen LogP contribution is -2.33. The number of hydrogen-bond acceptors (Lipinski definition) is 3. The summed E-state index contributed by atoms with van der Waals surface area (Å²) in [6.45, 7) is 1.82. The van der Waals surface area contributed by atoms with Gasteiger partial charge < -0.3 is 10.2 Å². The molecule has 0 fully saturated rings. The average Bonchev–Trinajstić information content (AvgIpc) is 2.54. The molecule has 0 saturated heterocycles. The van der Waals surface area contributed by atoms with E-state index < -0.39 is 4.92 Å². The van der Waals surface area contributed by atoms with Crippen molar-refractivity contribution in [3.05, 3.63) is 70.3 Å².